The molecule has 2 fully saturated rings. The highest BCUT2D eigenvalue weighted by molar-refractivity contribution is 4.83. The third-order valence-corrected chi connectivity index (χ3v) is 5.39. The minimum atomic E-state index is 0.794. The molecule has 0 atom stereocenters. The zero-order valence-electron chi connectivity index (χ0n) is 13.9. The van der Waals surface area contributed by atoms with Gasteiger partial charge in [-0.3, -0.25) is 0 Å². The van der Waals surface area contributed by atoms with Crippen LogP contribution in [0.2, 0.25) is 0 Å². The van der Waals surface area contributed by atoms with Crippen molar-refractivity contribution in [1.29, 1.82) is 0 Å². The van der Waals surface area contributed by atoms with Crippen LogP contribution in [0.15, 0.2) is 0 Å². The number of nitrogens with one attached hydrogen (secondary N) is 1. The highest BCUT2D eigenvalue weighted by Gasteiger charge is 2.26. The topological polar surface area (TPSA) is 18.5 Å². The second kappa shape index (κ2) is 8.35. The van der Waals surface area contributed by atoms with E-state index in [9.17, 15) is 0 Å². The van der Waals surface area contributed by atoms with E-state index in [-0.39, 0.29) is 0 Å². The van der Waals surface area contributed by atoms with E-state index >= 15 is 0 Å². The summed E-state index contributed by atoms with van der Waals surface area (Å²) in [6.45, 7) is 7.37. The van der Waals surface area contributed by atoms with Crippen LogP contribution in [0.5, 0.6) is 0 Å². The maximum absolute atomic E-state index is 3.69. The SMILES string of the molecule is CCCNC1CCC(N(C)CC2CCN(C)CC2)CC1. The van der Waals surface area contributed by atoms with Crippen LogP contribution in [0, 0.1) is 5.92 Å². The number of piperidine rings is 1. The molecular weight excluding hydrogens is 246 g/mol. The van der Waals surface area contributed by atoms with Gasteiger partial charge in [0.1, 0.15) is 0 Å². The Hall–Kier alpha value is -0.120. The second-order valence-corrected chi connectivity index (χ2v) is 7.15. The lowest BCUT2D eigenvalue weighted by atomic mass is 9.89. The van der Waals surface area contributed by atoms with Gasteiger partial charge in [0.2, 0.25) is 0 Å². The van der Waals surface area contributed by atoms with Crippen LogP contribution >= 0.6 is 0 Å². The van der Waals surface area contributed by atoms with E-state index in [1.54, 1.807) is 0 Å². The van der Waals surface area contributed by atoms with E-state index in [2.05, 4.69) is 36.1 Å². The van der Waals surface area contributed by atoms with Gasteiger partial charge in [-0.05, 0) is 84.6 Å². The van der Waals surface area contributed by atoms with Gasteiger partial charge in [0.05, 0.1) is 0 Å². The zero-order chi connectivity index (χ0) is 14.4. The number of rotatable bonds is 6. The van der Waals surface area contributed by atoms with Gasteiger partial charge in [0, 0.05) is 18.6 Å². The number of nitrogens with zero attached hydrogens (tertiary/aromatic N) is 2. The molecule has 0 spiro atoms. The molecule has 0 amide bonds. The highest BCUT2D eigenvalue weighted by atomic mass is 15.1. The summed E-state index contributed by atoms with van der Waals surface area (Å²) in [6.07, 6.45) is 9.60. The largest absolute Gasteiger partial charge is 0.314 e. The van der Waals surface area contributed by atoms with Crippen molar-refractivity contribution in [1.82, 2.24) is 15.1 Å². The zero-order valence-corrected chi connectivity index (χ0v) is 13.9. The summed E-state index contributed by atoms with van der Waals surface area (Å²) in [5.41, 5.74) is 0. The molecule has 118 valence electrons. The summed E-state index contributed by atoms with van der Waals surface area (Å²) in [5.74, 6) is 0.937. The van der Waals surface area contributed by atoms with Crippen molar-refractivity contribution in [2.75, 3.05) is 40.3 Å². The maximum atomic E-state index is 3.69. The first kappa shape index (κ1) is 16.3. The standard InChI is InChI=1S/C17H35N3/c1-4-11-18-16-5-7-17(8-6-16)20(3)14-15-9-12-19(2)13-10-15/h15-18H,4-14H2,1-3H3. The van der Waals surface area contributed by atoms with E-state index in [1.165, 1.54) is 71.1 Å². The Kier molecular flexibility index (Phi) is 6.79. The quantitative estimate of drug-likeness (QED) is 0.807. The Balaban J connectivity index is 1.65. The van der Waals surface area contributed by atoms with Crippen molar-refractivity contribution in [3.05, 3.63) is 0 Å². The predicted octanol–water partition coefficient (Wildman–Crippen LogP) is 2.57. The van der Waals surface area contributed by atoms with Gasteiger partial charge in [0.15, 0.2) is 0 Å². The van der Waals surface area contributed by atoms with E-state index < -0.39 is 0 Å². The Morgan fingerprint density at radius 2 is 1.70 bits per heavy atom. The van der Waals surface area contributed by atoms with Gasteiger partial charge >= 0.3 is 0 Å². The van der Waals surface area contributed by atoms with E-state index in [1.807, 2.05) is 0 Å². The molecule has 0 radical (unpaired) electrons. The van der Waals surface area contributed by atoms with Gasteiger partial charge in [-0.15, -0.1) is 0 Å². The van der Waals surface area contributed by atoms with Crippen molar-refractivity contribution >= 4 is 0 Å². The molecular formula is C17H35N3. The number of hydrogen-bond acceptors (Lipinski definition) is 3. The fourth-order valence-corrected chi connectivity index (χ4v) is 3.87. The van der Waals surface area contributed by atoms with Gasteiger partial charge in [0.25, 0.3) is 0 Å². The molecule has 1 saturated carbocycles. The minimum absolute atomic E-state index is 0.794. The summed E-state index contributed by atoms with van der Waals surface area (Å²) in [6, 6.07) is 1.64. The monoisotopic (exact) mass is 281 g/mol. The van der Waals surface area contributed by atoms with Crippen molar-refractivity contribution in [3.63, 3.8) is 0 Å². The van der Waals surface area contributed by atoms with E-state index in [0.717, 1.165) is 18.0 Å². The lowest BCUT2D eigenvalue weighted by Crippen LogP contribution is -2.44. The lowest BCUT2D eigenvalue weighted by Gasteiger charge is -2.38. The number of hydrogen-bond donors (Lipinski definition) is 1. The van der Waals surface area contributed by atoms with Crippen LogP contribution in [0.25, 0.3) is 0 Å². The average molecular weight is 281 g/mol. The third kappa shape index (κ3) is 5.01. The fourth-order valence-electron chi connectivity index (χ4n) is 3.87. The van der Waals surface area contributed by atoms with Crippen LogP contribution in [0.4, 0.5) is 0 Å². The molecule has 0 aromatic rings. The predicted molar refractivity (Wildman–Crippen MR) is 87.2 cm³/mol. The van der Waals surface area contributed by atoms with Crippen LogP contribution in [-0.4, -0.2) is 62.2 Å². The van der Waals surface area contributed by atoms with Crippen molar-refractivity contribution in [3.8, 4) is 0 Å². The number of likely N-dealkylation sites (tertiary alicyclic amines) is 1. The Morgan fingerprint density at radius 3 is 2.30 bits per heavy atom. The van der Waals surface area contributed by atoms with Crippen molar-refractivity contribution in [2.45, 2.75) is 64.0 Å². The molecule has 3 heteroatoms. The summed E-state index contributed by atoms with van der Waals surface area (Å²) in [4.78, 5) is 5.15. The van der Waals surface area contributed by atoms with Gasteiger partial charge in [-0.2, -0.15) is 0 Å². The van der Waals surface area contributed by atoms with E-state index in [0.29, 0.717) is 0 Å². The lowest BCUT2D eigenvalue weighted by molar-refractivity contribution is 0.123. The molecule has 0 aromatic heterocycles. The molecule has 20 heavy (non-hydrogen) atoms. The summed E-state index contributed by atoms with van der Waals surface area (Å²) in [7, 11) is 4.62. The van der Waals surface area contributed by atoms with Crippen LogP contribution < -0.4 is 5.32 Å². The average Bonchev–Trinajstić information content (AvgIpc) is 2.48. The molecule has 1 aliphatic heterocycles. The van der Waals surface area contributed by atoms with E-state index in [4.69, 9.17) is 0 Å². The first-order valence-electron chi connectivity index (χ1n) is 8.81. The fraction of sp³-hybridized carbons (Fsp3) is 1.00. The normalized spacial score (nSPS) is 30.0. The first-order valence-corrected chi connectivity index (χ1v) is 8.81. The van der Waals surface area contributed by atoms with Gasteiger partial charge in [-0.1, -0.05) is 6.92 Å². The molecule has 0 aromatic carbocycles. The first-order chi connectivity index (χ1) is 9.69. The molecule has 1 N–H and O–H groups in total. The molecule has 0 bridgehead atoms. The van der Waals surface area contributed by atoms with Gasteiger partial charge in [-0.25, -0.2) is 0 Å². The Labute approximate surface area is 126 Å². The summed E-state index contributed by atoms with van der Waals surface area (Å²) < 4.78 is 0. The second-order valence-electron chi connectivity index (χ2n) is 7.15. The third-order valence-electron chi connectivity index (χ3n) is 5.39. The summed E-state index contributed by atoms with van der Waals surface area (Å²) in [5, 5.41) is 3.69. The Morgan fingerprint density at radius 1 is 1.05 bits per heavy atom. The molecule has 1 saturated heterocycles. The van der Waals surface area contributed by atoms with Crippen LogP contribution in [-0.2, 0) is 0 Å². The van der Waals surface area contributed by atoms with Crippen LogP contribution in [0.1, 0.15) is 51.9 Å². The Bertz CT molecular complexity index is 253. The maximum Gasteiger partial charge on any atom is 0.00934 e. The molecule has 2 rings (SSSR count). The van der Waals surface area contributed by atoms with Crippen molar-refractivity contribution in [2.24, 2.45) is 5.92 Å². The minimum Gasteiger partial charge on any atom is -0.314 e. The highest BCUT2D eigenvalue weighted by Crippen LogP contribution is 2.25. The smallest absolute Gasteiger partial charge is 0.00934 e. The van der Waals surface area contributed by atoms with Crippen molar-refractivity contribution < 1.29 is 0 Å². The van der Waals surface area contributed by atoms with Crippen LogP contribution in [0.3, 0.4) is 0 Å². The molecule has 3 nitrogen and oxygen atoms in total. The molecule has 1 heterocycles. The molecule has 2 aliphatic rings. The summed E-state index contributed by atoms with van der Waals surface area (Å²) >= 11 is 0. The van der Waals surface area contributed by atoms with Gasteiger partial charge < -0.3 is 15.1 Å². The molecule has 0 unspecified atom stereocenters. The molecule has 1 aliphatic carbocycles.